The monoisotopic (exact) mass is 347 g/mol. The normalized spacial score (nSPS) is 10.3. The van der Waals surface area contributed by atoms with Crippen LogP contribution in [0, 0.1) is 10.1 Å². The fourth-order valence-electron chi connectivity index (χ4n) is 1.35. The van der Waals surface area contributed by atoms with E-state index in [1.165, 1.54) is 17.4 Å². The molecule has 1 aromatic carbocycles. The van der Waals surface area contributed by atoms with E-state index in [-0.39, 0.29) is 5.69 Å². The van der Waals surface area contributed by atoms with Crippen LogP contribution < -0.4 is 5.32 Å². The van der Waals surface area contributed by atoms with Gasteiger partial charge in [0.25, 0.3) is 5.69 Å². The van der Waals surface area contributed by atoms with Crippen LogP contribution in [0.3, 0.4) is 0 Å². The maximum Gasteiger partial charge on any atom is 0.293 e. The van der Waals surface area contributed by atoms with Gasteiger partial charge >= 0.3 is 0 Å². The number of hydrogen-bond acceptors (Lipinski definition) is 5. The van der Waals surface area contributed by atoms with Gasteiger partial charge in [-0.05, 0) is 12.1 Å². The lowest BCUT2D eigenvalue weighted by molar-refractivity contribution is -0.384. The summed E-state index contributed by atoms with van der Waals surface area (Å²) in [6, 6.07) is 4.85. The summed E-state index contributed by atoms with van der Waals surface area (Å²) in [4.78, 5) is 14.5. The minimum absolute atomic E-state index is 0.0204. The fourth-order valence-corrected chi connectivity index (χ4v) is 2.59. The Hall–Kier alpha value is -1.18. The predicted molar refractivity (Wildman–Crippen MR) is 75.2 cm³/mol. The zero-order valence-corrected chi connectivity index (χ0v) is 12.1. The highest BCUT2D eigenvalue weighted by Crippen LogP contribution is 2.28. The number of aromatic nitrogens is 1. The molecule has 94 valence electrons. The van der Waals surface area contributed by atoms with E-state index in [4.69, 9.17) is 11.6 Å². The molecule has 1 aromatic heterocycles. The molecule has 18 heavy (non-hydrogen) atoms. The Bertz CT molecular complexity index is 590. The zero-order chi connectivity index (χ0) is 13.1. The lowest BCUT2D eigenvalue weighted by atomic mass is 10.2. The molecule has 1 N–H and O–H groups in total. The molecule has 0 aliphatic rings. The Kier molecular flexibility index (Phi) is 4.15. The van der Waals surface area contributed by atoms with E-state index in [1.54, 1.807) is 18.3 Å². The van der Waals surface area contributed by atoms with Crippen LogP contribution in [0.5, 0.6) is 0 Å². The molecule has 0 saturated heterocycles. The summed E-state index contributed by atoms with van der Waals surface area (Å²) in [5.74, 6) is 0. The first-order valence-electron chi connectivity index (χ1n) is 4.84. The average molecular weight is 349 g/mol. The molecule has 0 aliphatic carbocycles. The molecule has 2 rings (SSSR count). The van der Waals surface area contributed by atoms with Crippen LogP contribution in [-0.2, 0) is 6.54 Å². The van der Waals surface area contributed by atoms with E-state index >= 15 is 0 Å². The number of benzene rings is 1. The molecule has 0 atom stereocenters. The number of nitro benzene ring substituents is 1. The third-order valence-electron chi connectivity index (χ3n) is 2.11. The van der Waals surface area contributed by atoms with Crippen LogP contribution in [0.4, 0.5) is 11.4 Å². The van der Waals surface area contributed by atoms with Gasteiger partial charge in [0.05, 0.1) is 17.7 Å². The highest BCUT2D eigenvalue weighted by Gasteiger charge is 2.14. The SMILES string of the molecule is O=[N+]([O-])c1cc(Br)ccc1NCc1ncc(Cl)s1. The molecule has 0 radical (unpaired) electrons. The maximum absolute atomic E-state index is 10.9. The first-order valence-corrected chi connectivity index (χ1v) is 6.83. The highest BCUT2D eigenvalue weighted by atomic mass is 79.9. The predicted octanol–water partition coefficient (Wildman–Crippen LogP) is 4.08. The van der Waals surface area contributed by atoms with Gasteiger partial charge in [-0.2, -0.15) is 0 Å². The molecular formula is C10H7BrClN3O2S. The van der Waals surface area contributed by atoms with Crippen molar-refractivity contribution in [2.75, 3.05) is 5.32 Å². The van der Waals surface area contributed by atoms with Gasteiger partial charge in [-0.25, -0.2) is 4.98 Å². The van der Waals surface area contributed by atoms with Crippen LogP contribution in [0.15, 0.2) is 28.9 Å². The van der Waals surface area contributed by atoms with Crippen LogP contribution in [0.2, 0.25) is 4.34 Å². The largest absolute Gasteiger partial charge is 0.373 e. The van der Waals surface area contributed by atoms with Crippen molar-refractivity contribution in [2.45, 2.75) is 6.54 Å². The van der Waals surface area contributed by atoms with Crippen molar-refractivity contribution in [1.82, 2.24) is 4.98 Å². The number of thiazole rings is 1. The van der Waals surface area contributed by atoms with Gasteiger partial charge in [-0.15, -0.1) is 11.3 Å². The molecule has 0 unspecified atom stereocenters. The Morgan fingerprint density at radius 2 is 2.33 bits per heavy atom. The number of nitro groups is 1. The van der Waals surface area contributed by atoms with Gasteiger partial charge in [0, 0.05) is 10.5 Å². The van der Waals surface area contributed by atoms with E-state index in [9.17, 15) is 10.1 Å². The Morgan fingerprint density at radius 1 is 1.56 bits per heavy atom. The standard InChI is InChI=1S/C10H7BrClN3O2S/c11-6-1-2-7(8(3-6)15(16)17)13-5-10-14-4-9(12)18-10/h1-4,13H,5H2. The molecular weight excluding hydrogens is 342 g/mol. The summed E-state index contributed by atoms with van der Waals surface area (Å²) in [5.41, 5.74) is 0.474. The number of anilines is 1. The van der Waals surface area contributed by atoms with Crippen LogP contribution in [-0.4, -0.2) is 9.91 Å². The Labute approximate surface area is 120 Å². The van der Waals surface area contributed by atoms with Gasteiger partial charge in [-0.1, -0.05) is 27.5 Å². The zero-order valence-electron chi connectivity index (χ0n) is 8.89. The number of halogens is 2. The lowest BCUT2D eigenvalue weighted by Crippen LogP contribution is -2.02. The summed E-state index contributed by atoms with van der Waals surface area (Å²) < 4.78 is 1.26. The van der Waals surface area contributed by atoms with Crippen LogP contribution in [0.25, 0.3) is 0 Å². The van der Waals surface area contributed by atoms with Crippen molar-refractivity contribution in [1.29, 1.82) is 0 Å². The number of nitrogens with one attached hydrogen (secondary N) is 1. The Balaban J connectivity index is 2.16. The first kappa shape index (κ1) is 13.3. The third-order valence-corrected chi connectivity index (χ3v) is 3.72. The minimum Gasteiger partial charge on any atom is -0.373 e. The van der Waals surface area contributed by atoms with E-state index < -0.39 is 4.92 Å². The second-order valence-corrected chi connectivity index (χ2v) is 5.99. The lowest BCUT2D eigenvalue weighted by Gasteiger charge is -2.05. The van der Waals surface area contributed by atoms with E-state index in [1.807, 2.05) is 0 Å². The van der Waals surface area contributed by atoms with Gasteiger partial charge in [0.1, 0.15) is 15.0 Å². The molecule has 0 saturated carbocycles. The summed E-state index contributed by atoms with van der Waals surface area (Å²) in [6.07, 6.45) is 1.55. The van der Waals surface area contributed by atoms with Crippen LogP contribution >= 0.6 is 38.9 Å². The van der Waals surface area contributed by atoms with E-state index in [2.05, 4.69) is 26.2 Å². The van der Waals surface area contributed by atoms with Gasteiger partial charge in [0.2, 0.25) is 0 Å². The van der Waals surface area contributed by atoms with Crippen molar-refractivity contribution in [3.05, 3.63) is 48.3 Å². The molecule has 0 amide bonds. The second-order valence-electron chi connectivity index (χ2n) is 3.33. The van der Waals surface area contributed by atoms with Crippen molar-refractivity contribution in [2.24, 2.45) is 0 Å². The molecule has 0 bridgehead atoms. The first-order chi connectivity index (χ1) is 8.56. The van der Waals surface area contributed by atoms with Crippen molar-refractivity contribution in [3.63, 3.8) is 0 Å². The molecule has 0 spiro atoms. The van der Waals surface area contributed by atoms with Gasteiger partial charge in [-0.3, -0.25) is 10.1 Å². The van der Waals surface area contributed by atoms with Crippen molar-refractivity contribution in [3.8, 4) is 0 Å². The number of hydrogen-bond donors (Lipinski definition) is 1. The fraction of sp³-hybridized carbons (Fsp3) is 0.100. The van der Waals surface area contributed by atoms with Crippen molar-refractivity contribution < 1.29 is 4.92 Å². The Morgan fingerprint density at radius 3 is 2.94 bits per heavy atom. The van der Waals surface area contributed by atoms with Gasteiger partial charge in [0.15, 0.2) is 0 Å². The van der Waals surface area contributed by atoms with E-state index in [0.29, 0.717) is 21.0 Å². The molecule has 2 aromatic rings. The summed E-state index contributed by atoms with van der Waals surface area (Å²) in [5, 5.41) is 14.7. The average Bonchev–Trinajstić information content (AvgIpc) is 2.73. The molecule has 0 fully saturated rings. The highest BCUT2D eigenvalue weighted by molar-refractivity contribution is 9.10. The minimum atomic E-state index is -0.429. The van der Waals surface area contributed by atoms with Crippen molar-refractivity contribution >= 4 is 50.2 Å². The van der Waals surface area contributed by atoms with Crippen LogP contribution in [0.1, 0.15) is 5.01 Å². The molecule has 5 nitrogen and oxygen atoms in total. The smallest absolute Gasteiger partial charge is 0.293 e. The number of nitrogens with zero attached hydrogens (tertiary/aromatic N) is 2. The molecule has 8 heteroatoms. The summed E-state index contributed by atoms with van der Waals surface area (Å²) >= 11 is 10.3. The summed E-state index contributed by atoms with van der Waals surface area (Å²) in [6.45, 7) is 0.403. The second kappa shape index (κ2) is 5.64. The maximum atomic E-state index is 10.9. The third kappa shape index (κ3) is 3.18. The van der Waals surface area contributed by atoms with E-state index in [0.717, 1.165) is 5.01 Å². The van der Waals surface area contributed by atoms with Gasteiger partial charge < -0.3 is 5.32 Å². The topological polar surface area (TPSA) is 68.1 Å². The molecule has 0 aliphatic heterocycles. The quantitative estimate of drug-likeness (QED) is 0.668. The summed E-state index contributed by atoms with van der Waals surface area (Å²) in [7, 11) is 0. The molecule has 1 heterocycles. The number of rotatable bonds is 4.